The Morgan fingerprint density at radius 2 is 2.36 bits per heavy atom. The largest absolute Gasteiger partial charge is 0.336 e. The number of hydrogen-bond donors (Lipinski definition) is 1. The van der Waals surface area contributed by atoms with Crippen molar-refractivity contribution in [3.63, 3.8) is 0 Å². The SMILES string of the molecule is Cc1n[nH]c(=S)n1CCn1ccnc1. The zero-order valence-electron chi connectivity index (χ0n) is 7.84. The summed E-state index contributed by atoms with van der Waals surface area (Å²) in [6, 6.07) is 0. The van der Waals surface area contributed by atoms with Crippen molar-refractivity contribution in [2.24, 2.45) is 0 Å². The fourth-order valence-electron chi connectivity index (χ4n) is 1.29. The Balaban J connectivity index is 2.09. The van der Waals surface area contributed by atoms with Gasteiger partial charge in [-0.3, -0.25) is 5.10 Å². The lowest BCUT2D eigenvalue weighted by atomic mass is 10.5. The van der Waals surface area contributed by atoms with Crippen molar-refractivity contribution in [3.05, 3.63) is 29.3 Å². The molecule has 74 valence electrons. The number of imidazole rings is 1. The van der Waals surface area contributed by atoms with E-state index in [1.807, 2.05) is 22.3 Å². The van der Waals surface area contributed by atoms with Gasteiger partial charge in [-0.05, 0) is 19.1 Å². The number of H-pyrrole nitrogens is 1. The minimum Gasteiger partial charge on any atom is -0.336 e. The summed E-state index contributed by atoms with van der Waals surface area (Å²) in [6.45, 7) is 3.60. The molecule has 0 saturated carbocycles. The molecule has 0 atom stereocenters. The molecule has 0 aliphatic carbocycles. The van der Waals surface area contributed by atoms with Crippen LogP contribution in [0.4, 0.5) is 0 Å². The minimum atomic E-state index is 0.669. The van der Waals surface area contributed by atoms with Crippen LogP contribution < -0.4 is 0 Å². The number of aromatic amines is 1. The smallest absolute Gasteiger partial charge is 0.195 e. The van der Waals surface area contributed by atoms with Gasteiger partial charge in [-0.2, -0.15) is 5.10 Å². The van der Waals surface area contributed by atoms with Crippen molar-refractivity contribution in [3.8, 4) is 0 Å². The van der Waals surface area contributed by atoms with Gasteiger partial charge in [-0.1, -0.05) is 0 Å². The summed E-state index contributed by atoms with van der Waals surface area (Å²) in [5, 5.41) is 6.79. The molecular formula is C8H11N5S. The van der Waals surface area contributed by atoms with Crippen LogP contribution in [-0.4, -0.2) is 24.3 Å². The molecule has 0 aliphatic heterocycles. The third-order valence-electron chi connectivity index (χ3n) is 2.09. The Kier molecular flexibility index (Phi) is 2.45. The monoisotopic (exact) mass is 209 g/mol. The van der Waals surface area contributed by atoms with Gasteiger partial charge < -0.3 is 9.13 Å². The topological polar surface area (TPSA) is 51.4 Å². The Morgan fingerprint density at radius 1 is 1.50 bits per heavy atom. The van der Waals surface area contributed by atoms with Gasteiger partial charge in [-0.25, -0.2) is 4.98 Å². The molecule has 0 fully saturated rings. The summed E-state index contributed by atoms with van der Waals surface area (Å²) in [5.74, 6) is 0.912. The van der Waals surface area contributed by atoms with Crippen molar-refractivity contribution in [1.29, 1.82) is 0 Å². The molecule has 2 rings (SSSR count). The van der Waals surface area contributed by atoms with Crippen LogP contribution in [0, 0.1) is 11.7 Å². The van der Waals surface area contributed by atoms with Crippen LogP contribution in [0.1, 0.15) is 5.82 Å². The Hall–Kier alpha value is -1.43. The maximum absolute atomic E-state index is 5.09. The van der Waals surface area contributed by atoms with E-state index < -0.39 is 0 Å². The van der Waals surface area contributed by atoms with E-state index in [2.05, 4.69) is 15.2 Å². The molecule has 2 heterocycles. The first-order chi connectivity index (χ1) is 6.77. The quantitative estimate of drug-likeness (QED) is 0.771. The lowest BCUT2D eigenvalue weighted by Crippen LogP contribution is -2.07. The van der Waals surface area contributed by atoms with Gasteiger partial charge >= 0.3 is 0 Å². The van der Waals surface area contributed by atoms with E-state index in [0.717, 1.165) is 18.9 Å². The fourth-order valence-corrected chi connectivity index (χ4v) is 1.56. The van der Waals surface area contributed by atoms with Gasteiger partial charge in [0, 0.05) is 25.5 Å². The van der Waals surface area contributed by atoms with Crippen LogP contribution in [0.5, 0.6) is 0 Å². The molecule has 2 aromatic rings. The third kappa shape index (κ3) is 1.74. The zero-order valence-corrected chi connectivity index (χ0v) is 8.66. The number of rotatable bonds is 3. The second-order valence-corrected chi connectivity index (χ2v) is 3.41. The highest BCUT2D eigenvalue weighted by molar-refractivity contribution is 7.71. The Bertz CT molecular complexity index is 452. The molecule has 0 bridgehead atoms. The normalized spacial score (nSPS) is 10.6. The first kappa shape index (κ1) is 9.14. The lowest BCUT2D eigenvalue weighted by molar-refractivity contribution is 0.562. The average molecular weight is 209 g/mol. The summed E-state index contributed by atoms with van der Waals surface area (Å²) >= 11 is 5.09. The van der Waals surface area contributed by atoms with Crippen molar-refractivity contribution in [2.75, 3.05) is 0 Å². The van der Waals surface area contributed by atoms with Crippen LogP contribution in [0.25, 0.3) is 0 Å². The fraction of sp³-hybridized carbons (Fsp3) is 0.375. The first-order valence-electron chi connectivity index (χ1n) is 4.35. The molecule has 14 heavy (non-hydrogen) atoms. The van der Waals surface area contributed by atoms with E-state index in [9.17, 15) is 0 Å². The van der Waals surface area contributed by atoms with Gasteiger partial charge in [0.25, 0.3) is 0 Å². The van der Waals surface area contributed by atoms with E-state index in [4.69, 9.17) is 12.2 Å². The van der Waals surface area contributed by atoms with E-state index >= 15 is 0 Å². The molecule has 0 aromatic carbocycles. The molecule has 2 aromatic heterocycles. The van der Waals surface area contributed by atoms with Crippen LogP contribution in [0.2, 0.25) is 0 Å². The molecule has 6 heteroatoms. The summed E-state index contributed by atoms with van der Waals surface area (Å²) in [7, 11) is 0. The predicted molar refractivity (Wildman–Crippen MR) is 54.4 cm³/mol. The highest BCUT2D eigenvalue weighted by Crippen LogP contribution is 1.97. The summed E-state index contributed by atoms with van der Waals surface area (Å²) < 4.78 is 4.64. The number of aryl methyl sites for hydroxylation is 2. The maximum atomic E-state index is 5.09. The highest BCUT2D eigenvalue weighted by atomic mass is 32.1. The predicted octanol–water partition coefficient (Wildman–Crippen LogP) is 1.15. The molecule has 5 nitrogen and oxygen atoms in total. The van der Waals surface area contributed by atoms with Gasteiger partial charge in [0.2, 0.25) is 0 Å². The van der Waals surface area contributed by atoms with Gasteiger partial charge in [-0.15, -0.1) is 0 Å². The van der Waals surface area contributed by atoms with E-state index in [-0.39, 0.29) is 0 Å². The number of aromatic nitrogens is 5. The van der Waals surface area contributed by atoms with Crippen LogP contribution >= 0.6 is 12.2 Å². The Morgan fingerprint density at radius 3 is 2.93 bits per heavy atom. The molecule has 0 spiro atoms. The second-order valence-electron chi connectivity index (χ2n) is 3.03. The van der Waals surface area contributed by atoms with Crippen LogP contribution in [-0.2, 0) is 13.1 Å². The molecule has 0 saturated heterocycles. The minimum absolute atomic E-state index is 0.669. The lowest BCUT2D eigenvalue weighted by Gasteiger charge is -2.04. The van der Waals surface area contributed by atoms with Crippen LogP contribution in [0.3, 0.4) is 0 Å². The Labute approximate surface area is 86.4 Å². The molecule has 0 radical (unpaired) electrons. The van der Waals surface area contributed by atoms with Crippen molar-refractivity contribution >= 4 is 12.2 Å². The van der Waals surface area contributed by atoms with Gasteiger partial charge in [0.1, 0.15) is 5.82 Å². The second kappa shape index (κ2) is 3.75. The van der Waals surface area contributed by atoms with Gasteiger partial charge in [0.15, 0.2) is 4.77 Å². The number of nitrogens with zero attached hydrogens (tertiary/aromatic N) is 4. The van der Waals surface area contributed by atoms with Crippen LogP contribution in [0.15, 0.2) is 18.7 Å². The highest BCUT2D eigenvalue weighted by Gasteiger charge is 1.99. The molecule has 1 N–H and O–H groups in total. The molecule has 0 aliphatic rings. The standard InChI is InChI=1S/C8H11N5S/c1-7-10-11-8(14)13(7)5-4-12-3-2-9-6-12/h2-3,6H,4-5H2,1H3,(H,11,14). The molecule has 0 amide bonds. The average Bonchev–Trinajstić information content (AvgIpc) is 2.76. The van der Waals surface area contributed by atoms with Gasteiger partial charge in [0.05, 0.1) is 6.33 Å². The summed E-state index contributed by atoms with van der Waals surface area (Å²) in [6.07, 6.45) is 5.49. The zero-order chi connectivity index (χ0) is 9.97. The summed E-state index contributed by atoms with van der Waals surface area (Å²) in [5.41, 5.74) is 0. The summed E-state index contributed by atoms with van der Waals surface area (Å²) in [4.78, 5) is 3.97. The maximum Gasteiger partial charge on any atom is 0.195 e. The van der Waals surface area contributed by atoms with Crippen molar-refractivity contribution in [1.82, 2.24) is 24.3 Å². The number of hydrogen-bond acceptors (Lipinski definition) is 3. The van der Waals surface area contributed by atoms with Crippen molar-refractivity contribution in [2.45, 2.75) is 20.0 Å². The molecular weight excluding hydrogens is 198 g/mol. The third-order valence-corrected chi connectivity index (χ3v) is 2.40. The molecule has 0 unspecified atom stereocenters. The first-order valence-corrected chi connectivity index (χ1v) is 4.76. The van der Waals surface area contributed by atoms with Crippen molar-refractivity contribution < 1.29 is 0 Å². The van der Waals surface area contributed by atoms with E-state index in [1.54, 1.807) is 12.5 Å². The van der Waals surface area contributed by atoms with E-state index in [1.165, 1.54) is 0 Å². The number of nitrogens with one attached hydrogen (secondary N) is 1. The van der Waals surface area contributed by atoms with E-state index in [0.29, 0.717) is 4.77 Å².